The molecule has 0 saturated carbocycles. The number of rotatable bonds is 4. The first kappa shape index (κ1) is 15.1. The van der Waals surface area contributed by atoms with Crippen LogP contribution in [-0.4, -0.2) is 11.7 Å². The summed E-state index contributed by atoms with van der Waals surface area (Å²) < 4.78 is 0. The van der Waals surface area contributed by atoms with Gasteiger partial charge in [0.15, 0.2) is 0 Å². The van der Waals surface area contributed by atoms with Crippen LogP contribution in [0.1, 0.15) is 22.5 Å². The van der Waals surface area contributed by atoms with E-state index >= 15 is 0 Å². The zero-order chi connectivity index (χ0) is 14.0. The second kappa shape index (κ2) is 6.44. The zero-order valence-corrected chi connectivity index (χ0v) is 12.9. The Balaban J connectivity index is 2.34. The summed E-state index contributed by atoms with van der Waals surface area (Å²) in [6, 6.07) is 7.00. The van der Waals surface area contributed by atoms with Gasteiger partial charge in [-0.15, -0.1) is 11.3 Å². The van der Waals surface area contributed by atoms with E-state index in [-0.39, 0.29) is 12.5 Å². The van der Waals surface area contributed by atoms with E-state index in [0.717, 1.165) is 5.56 Å². The molecule has 0 saturated heterocycles. The molecule has 6 heteroatoms. The highest BCUT2D eigenvalue weighted by atomic mass is 35.5. The molecule has 1 heterocycles. The molecule has 0 aliphatic carbocycles. The number of halogens is 3. The summed E-state index contributed by atoms with van der Waals surface area (Å²) in [5.74, 6) is -0.272. The number of benzene rings is 1. The largest absolute Gasteiger partial charge is 0.387 e. The Labute approximate surface area is 130 Å². The van der Waals surface area contributed by atoms with Crippen LogP contribution in [-0.2, 0) is 0 Å². The lowest BCUT2D eigenvalue weighted by Gasteiger charge is -2.21. The van der Waals surface area contributed by atoms with Crippen LogP contribution in [0.3, 0.4) is 0 Å². The van der Waals surface area contributed by atoms with Gasteiger partial charge in [0.2, 0.25) is 0 Å². The highest BCUT2D eigenvalue weighted by Gasteiger charge is 2.25. The molecule has 2 aromatic rings. The number of thiophene rings is 1. The molecule has 2 unspecified atom stereocenters. The van der Waals surface area contributed by atoms with Gasteiger partial charge in [-0.2, -0.15) is 0 Å². The van der Waals surface area contributed by atoms with Gasteiger partial charge in [0.05, 0.1) is 26.0 Å². The maximum Gasteiger partial charge on any atom is 0.0977 e. The molecule has 19 heavy (non-hydrogen) atoms. The lowest BCUT2D eigenvalue weighted by atomic mass is 9.92. The van der Waals surface area contributed by atoms with Crippen molar-refractivity contribution in [3.63, 3.8) is 0 Å². The maximum absolute atomic E-state index is 10.4. The first-order valence-corrected chi connectivity index (χ1v) is 7.62. The fourth-order valence-electron chi connectivity index (χ4n) is 1.89. The van der Waals surface area contributed by atoms with Crippen LogP contribution in [0.25, 0.3) is 0 Å². The van der Waals surface area contributed by atoms with Crippen molar-refractivity contribution in [3.05, 3.63) is 55.2 Å². The molecule has 1 aromatic heterocycles. The van der Waals surface area contributed by atoms with Crippen molar-refractivity contribution in [1.82, 2.24) is 0 Å². The minimum Gasteiger partial charge on any atom is -0.387 e. The summed E-state index contributed by atoms with van der Waals surface area (Å²) in [4.78, 5) is 0.711. The molecule has 0 bridgehead atoms. The standard InChI is InChI=1S/C13H12Cl3NOS/c14-9-2-1-7(5-11(9)16)8(6-17)12(18)13-10(15)3-4-19-13/h1-5,8,12,18H,6,17H2. The molecule has 2 rings (SSSR count). The van der Waals surface area contributed by atoms with E-state index in [4.69, 9.17) is 40.5 Å². The Kier molecular flexibility index (Phi) is 5.12. The minimum absolute atomic E-state index is 0.272. The van der Waals surface area contributed by atoms with Gasteiger partial charge in [-0.1, -0.05) is 40.9 Å². The van der Waals surface area contributed by atoms with E-state index in [1.807, 2.05) is 11.4 Å². The third-order valence-corrected chi connectivity index (χ3v) is 5.09. The van der Waals surface area contributed by atoms with Crippen LogP contribution in [0.4, 0.5) is 0 Å². The fraction of sp³-hybridized carbons (Fsp3) is 0.231. The molecule has 2 atom stereocenters. The molecule has 0 fully saturated rings. The van der Waals surface area contributed by atoms with E-state index in [1.54, 1.807) is 18.2 Å². The lowest BCUT2D eigenvalue weighted by molar-refractivity contribution is 0.151. The van der Waals surface area contributed by atoms with Crippen molar-refractivity contribution in [2.75, 3.05) is 6.54 Å². The van der Waals surface area contributed by atoms with Gasteiger partial charge in [-0.25, -0.2) is 0 Å². The van der Waals surface area contributed by atoms with Crippen molar-refractivity contribution in [1.29, 1.82) is 0 Å². The Hall–Kier alpha value is -0.290. The molecule has 0 radical (unpaired) electrons. The average Bonchev–Trinajstić information content (AvgIpc) is 2.80. The molecular formula is C13H12Cl3NOS. The summed E-state index contributed by atoms with van der Waals surface area (Å²) in [7, 11) is 0. The van der Waals surface area contributed by atoms with E-state index in [0.29, 0.717) is 19.9 Å². The van der Waals surface area contributed by atoms with Gasteiger partial charge in [-0.05, 0) is 29.1 Å². The predicted molar refractivity (Wildman–Crippen MR) is 82.5 cm³/mol. The number of hydrogen-bond acceptors (Lipinski definition) is 3. The molecule has 0 spiro atoms. The Morgan fingerprint density at radius 3 is 2.37 bits per heavy atom. The van der Waals surface area contributed by atoms with E-state index in [1.165, 1.54) is 11.3 Å². The van der Waals surface area contributed by atoms with Crippen LogP contribution in [0.15, 0.2) is 29.6 Å². The molecule has 0 aliphatic rings. The van der Waals surface area contributed by atoms with Gasteiger partial charge in [0.1, 0.15) is 0 Å². The highest BCUT2D eigenvalue weighted by Crippen LogP contribution is 2.38. The summed E-state index contributed by atoms with van der Waals surface area (Å²) in [5.41, 5.74) is 6.62. The van der Waals surface area contributed by atoms with E-state index in [2.05, 4.69) is 0 Å². The monoisotopic (exact) mass is 335 g/mol. The van der Waals surface area contributed by atoms with Gasteiger partial charge >= 0.3 is 0 Å². The Morgan fingerprint density at radius 2 is 1.84 bits per heavy atom. The van der Waals surface area contributed by atoms with Gasteiger partial charge < -0.3 is 10.8 Å². The van der Waals surface area contributed by atoms with Crippen LogP contribution in [0.2, 0.25) is 15.1 Å². The third kappa shape index (κ3) is 3.24. The molecule has 0 aliphatic heterocycles. The molecule has 1 aromatic carbocycles. The van der Waals surface area contributed by atoms with E-state index < -0.39 is 6.10 Å². The molecular weight excluding hydrogens is 325 g/mol. The molecule has 2 nitrogen and oxygen atoms in total. The molecule has 102 valence electrons. The molecule has 0 amide bonds. The topological polar surface area (TPSA) is 46.2 Å². The normalized spacial score (nSPS) is 14.4. The quantitative estimate of drug-likeness (QED) is 0.864. The highest BCUT2D eigenvalue weighted by molar-refractivity contribution is 7.10. The minimum atomic E-state index is -0.755. The number of nitrogens with two attached hydrogens (primary N) is 1. The third-order valence-electron chi connectivity index (χ3n) is 2.92. The summed E-state index contributed by atoms with van der Waals surface area (Å²) in [6.45, 7) is 0.285. The second-order valence-electron chi connectivity index (χ2n) is 4.09. The van der Waals surface area contributed by atoms with Crippen molar-refractivity contribution in [3.8, 4) is 0 Å². The van der Waals surface area contributed by atoms with Crippen molar-refractivity contribution < 1.29 is 5.11 Å². The smallest absolute Gasteiger partial charge is 0.0977 e. The van der Waals surface area contributed by atoms with E-state index in [9.17, 15) is 5.11 Å². The van der Waals surface area contributed by atoms with Gasteiger partial charge in [0, 0.05) is 12.5 Å². The van der Waals surface area contributed by atoms with Gasteiger partial charge in [-0.3, -0.25) is 0 Å². The first-order chi connectivity index (χ1) is 9.04. The summed E-state index contributed by atoms with van der Waals surface area (Å²) in [6.07, 6.45) is -0.755. The average molecular weight is 337 g/mol. The lowest BCUT2D eigenvalue weighted by Crippen LogP contribution is -2.19. The second-order valence-corrected chi connectivity index (χ2v) is 6.26. The Bertz CT molecular complexity index is 573. The SMILES string of the molecule is NCC(c1ccc(Cl)c(Cl)c1)C(O)c1sccc1Cl. The van der Waals surface area contributed by atoms with Crippen LogP contribution >= 0.6 is 46.1 Å². The maximum atomic E-state index is 10.4. The fourth-order valence-corrected chi connectivity index (χ4v) is 3.41. The number of aliphatic hydroxyl groups is 1. The number of aliphatic hydroxyl groups excluding tert-OH is 1. The molecule has 3 N–H and O–H groups in total. The van der Waals surface area contributed by atoms with Crippen LogP contribution in [0, 0.1) is 0 Å². The van der Waals surface area contributed by atoms with Crippen molar-refractivity contribution >= 4 is 46.1 Å². The van der Waals surface area contributed by atoms with Crippen molar-refractivity contribution in [2.24, 2.45) is 5.73 Å². The number of hydrogen-bond donors (Lipinski definition) is 2. The summed E-state index contributed by atoms with van der Waals surface area (Å²) in [5, 5.41) is 13.7. The van der Waals surface area contributed by atoms with Crippen molar-refractivity contribution in [2.45, 2.75) is 12.0 Å². The van der Waals surface area contributed by atoms with Crippen LogP contribution < -0.4 is 5.73 Å². The van der Waals surface area contributed by atoms with Crippen LogP contribution in [0.5, 0.6) is 0 Å². The van der Waals surface area contributed by atoms with Gasteiger partial charge in [0.25, 0.3) is 0 Å². The Morgan fingerprint density at radius 1 is 1.11 bits per heavy atom. The predicted octanol–water partition coefficient (Wildman–Crippen LogP) is 4.48. The summed E-state index contributed by atoms with van der Waals surface area (Å²) >= 11 is 19.3. The zero-order valence-electron chi connectivity index (χ0n) is 9.82. The first-order valence-electron chi connectivity index (χ1n) is 5.60.